The third-order valence-corrected chi connectivity index (χ3v) is 6.73. The summed E-state index contributed by atoms with van der Waals surface area (Å²) in [5.74, 6) is -1.08. The molecule has 1 saturated carbocycles. The Labute approximate surface area is 170 Å². The lowest BCUT2D eigenvalue weighted by Gasteiger charge is -2.38. The molecule has 2 aliphatic heterocycles. The second-order valence-corrected chi connectivity index (χ2v) is 8.42. The van der Waals surface area contributed by atoms with E-state index in [4.69, 9.17) is 5.73 Å². The van der Waals surface area contributed by atoms with Gasteiger partial charge in [-0.3, -0.25) is 24.1 Å². The molecule has 2 unspecified atom stereocenters. The van der Waals surface area contributed by atoms with Crippen LogP contribution in [0.15, 0.2) is 24.3 Å². The van der Waals surface area contributed by atoms with Crippen LogP contribution in [0.4, 0.5) is 0 Å². The molecule has 0 aromatic heterocycles. The average molecular weight is 397 g/mol. The van der Waals surface area contributed by atoms with Crippen molar-refractivity contribution in [2.75, 3.05) is 19.6 Å². The van der Waals surface area contributed by atoms with Crippen LogP contribution in [0.5, 0.6) is 0 Å². The molecule has 7 heteroatoms. The summed E-state index contributed by atoms with van der Waals surface area (Å²) in [6, 6.07) is 6.89. The van der Waals surface area contributed by atoms with Gasteiger partial charge in [0.2, 0.25) is 11.8 Å². The zero-order chi connectivity index (χ0) is 20.5. The third-order valence-electron chi connectivity index (χ3n) is 6.73. The second-order valence-electron chi connectivity index (χ2n) is 8.42. The molecule has 7 nitrogen and oxygen atoms in total. The number of fused-ring (bicyclic) bond motifs is 1. The van der Waals surface area contributed by atoms with E-state index in [0.717, 1.165) is 25.7 Å². The number of imide groups is 1. The lowest BCUT2D eigenvalue weighted by molar-refractivity contribution is -0.141. The molecular weight excluding hydrogens is 370 g/mol. The van der Waals surface area contributed by atoms with Gasteiger partial charge in [0, 0.05) is 31.5 Å². The zero-order valence-electron chi connectivity index (χ0n) is 16.5. The van der Waals surface area contributed by atoms with Crippen molar-refractivity contribution in [1.82, 2.24) is 9.80 Å². The van der Waals surface area contributed by atoms with E-state index in [0.29, 0.717) is 43.6 Å². The summed E-state index contributed by atoms with van der Waals surface area (Å²) in [5.41, 5.74) is 6.29. The Bertz CT molecular complexity index is 809. The van der Waals surface area contributed by atoms with Crippen LogP contribution in [0.2, 0.25) is 0 Å². The van der Waals surface area contributed by atoms with Crippen molar-refractivity contribution in [3.05, 3.63) is 35.4 Å². The maximum atomic E-state index is 13.2. The highest BCUT2D eigenvalue weighted by atomic mass is 16.2. The summed E-state index contributed by atoms with van der Waals surface area (Å²) in [4.78, 5) is 53.2. The summed E-state index contributed by atoms with van der Waals surface area (Å²) >= 11 is 0. The van der Waals surface area contributed by atoms with Gasteiger partial charge in [0.05, 0.1) is 11.1 Å². The van der Waals surface area contributed by atoms with E-state index < -0.39 is 0 Å². The number of piperidine rings is 1. The topological polar surface area (TPSA) is 101 Å². The minimum absolute atomic E-state index is 0.0210. The Morgan fingerprint density at radius 1 is 0.931 bits per heavy atom. The summed E-state index contributed by atoms with van der Waals surface area (Å²) in [7, 11) is 0. The Kier molecular flexibility index (Phi) is 5.39. The van der Waals surface area contributed by atoms with E-state index in [-0.39, 0.29) is 41.4 Å². The van der Waals surface area contributed by atoms with Crippen LogP contribution in [0, 0.1) is 17.8 Å². The van der Waals surface area contributed by atoms with E-state index in [1.807, 2.05) is 4.90 Å². The van der Waals surface area contributed by atoms with Crippen LogP contribution >= 0.6 is 0 Å². The summed E-state index contributed by atoms with van der Waals surface area (Å²) < 4.78 is 0. The molecule has 0 spiro atoms. The van der Waals surface area contributed by atoms with Crippen molar-refractivity contribution in [1.29, 1.82) is 0 Å². The smallest absolute Gasteiger partial charge is 0.261 e. The van der Waals surface area contributed by atoms with E-state index >= 15 is 0 Å². The molecule has 1 saturated heterocycles. The van der Waals surface area contributed by atoms with Crippen LogP contribution < -0.4 is 5.73 Å². The van der Waals surface area contributed by atoms with Crippen LogP contribution in [-0.4, -0.2) is 53.1 Å². The van der Waals surface area contributed by atoms with Gasteiger partial charge >= 0.3 is 0 Å². The van der Waals surface area contributed by atoms with Gasteiger partial charge in [-0.1, -0.05) is 25.0 Å². The fourth-order valence-corrected chi connectivity index (χ4v) is 5.01. The van der Waals surface area contributed by atoms with Gasteiger partial charge < -0.3 is 10.6 Å². The molecular formula is C22H27N3O4. The fraction of sp³-hybridized carbons (Fsp3) is 0.545. The quantitative estimate of drug-likeness (QED) is 0.783. The van der Waals surface area contributed by atoms with E-state index in [9.17, 15) is 19.2 Å². The molecule has 0 bridgehead atoms. The monoisotopic (exact) mass is 397 g/mol. The molecule has 1 aromatic rings. The number of likely N-dealkylation sites (tertiary alicyclic amines) is 1. The van der Waals surface area contributed by atoms with Gasteiger partial charge in [0.1, 0.15) is 0 Å². The highest BCUT2D eigenvalue weighted by Crippen LogP contribution is 2.35. The van der Waals surface area contributed by atoms with Crippen molar-refractivity contribution in [2.24, 2.45) is 23.5 Å². The minimum atomic E-state index is -0.293. The Morgan fingerprint density at radius 3 is 2.10 bits per heavy atom. The summed E-state index contributed by atoms with van der Waals surface area (Å²) in [5, 5.41) is 0. The Hall–Kier alpha value is -2.70. The van der Waals surface area contributed by atoms with E-state index in [1.54, 1.807) is 24.3 Å². The standard InChI is InChI=1S/C22H27N3O4/c23-19(26)14-9-11-24(12-10-14)20(27)16-6-2-1-5-15(16)13-25-21(28)17-7-3-4-8-18(17)22(25)29/h3-4,7-8,14-16H,1-2,5-6,9-13H2,(H2,23,26). The van der Waals surface area contributed by atoms with Crippen molar-refractivity contribution in [3.8, 4) is 0 Å². The molecule has 0 radical (unpaired) electrons. The maximum absolute atomic E-state index is 13.2. The molecule has 154 valence electrons. The third kappa shape index (κ3) is 3.66. The van der Waals surface area contributed by atoms with Gasteiger partial charge in [0.15, 0.2) is 0 Å². The van der Waals surface area contributed by atoms with Gasteiger partial charge in [0.25, 0.3) is 11.8 Å². The van der Waals surface area contributed by atoms with Crippen molar-refractivity contribution in [2.45, 2.75) is 38.5 Å². The van der Waals surface area contributed by atoms with E-state index in [1.165, 1.54) is 4.90 Å². The number of carbonyl (C=O) groups excluding carboxylic acids is 4. The number of nitrogens with two attached hydrogens (primary N) is 1. The average Bonchev–Trinajstić information content (AvgIpc) is 2.99. The maximum Gasteiger partial charge on any atom is 0.261 e. The van der Waals surface area contributed by atoms with Gasteiger partial charge in [-0.2, -0.15) is 0 Å². The molecule has 1 aliphatic carbocycles. The molecule has 2 heterocycles. The lowest BCUT2D eigenvalue weighted by atomic mass is 9.77. The van der Waals surface area contributed by atoms with Crippen molar-refractivity contribution < 1.29 is 19.2 Å². The van der Waals surface area contributed by atoms with Crippen LogP contribution in [-0.2, 0) is 9.59 Å². The van der Waals surface area contributed by atoms with Gasteiger partial charge in [-0.25, -0.2) is 0 Å². The number of primary amides is 1. The van der Waals surface area contributed by atoms with Gasteiger partial charge in [-0.15, -0.1) is 0 Å². The van der Waals surface area contributed by atoms with Crippen LogP contribution in [0.1, 0.15) is 59.2 Å². The molecule has 29 heavy (non-hydrogen) atoms. The largest absolute Gasteiger partial charge is 0.369 e. The minimum Gasteiger partial charge on any atom is -0.369 e. The zero-order valence-corrected chi connectivity index (χ0v) is 16.5. The first-order valence-electron chi connectivity index (χ1n) is 10.5. The first kappa shape index (κ1) is 19.6. The number of hydrogen-bond acceptors (Lipinski definition) is 4. The highest BCUT2D eigenvalue weighted by molar-refractivity contribution is 6.21. The molecule has 2 fully saturated rings. The molecule has 2 N–H and O–H groups in total. The van der Waals surface area contributed by atoms with Crippen molar-refractivity contribution >= 4 is 23.6 Å². The fourth-order valence-electron chi connectivity index (χ4n) is 5.01. The summed E-state index contributed by atoms with van der Waals surface area (Å²) in [6.45, 7) is 1.38. The predicted molar refractivity (Wildman–Crippen MR) is 106 cm³/mol. The predicted octanol–water partition coefficient (Wildman–Crippen LogP) is 1.81. The summed E-state index contributed by atoms with van der Waals surface area (Å²) in [6.07, 6.45) is 4.81. The Morgan fingerprint density at radius 2 is 1.52 bits per heavy atom. The lowest BCUT2D eigenvalue weighted by Crippen LogP contribution is -2.48. The molecule has 4 rings (SSSR count). The van der Waals surface area contributed by atoms with Crippen LogP contribution in [0.3, 0.4) is 0 Å². The number of amides is 4. The second kappa shape index (κ2) is 7.97. The number of nitrogens with zero attached hydrogens (tertiary/aromatic N) is 2. The normalized spacial score (nSPS) is 25.2. The molecule has 2 atom stereocenters. The van der Waals surface area contributed by atoms with Crippen molar-refractivity contribution in [3.63, 3.8) is 0 Å². The van der Waals surface area contributed by atoms with Crippen LogP contribution in [0.25, 0.3) is 0 Å². The molecule has 1 aromatic carbocycles. The SMILES string of the molecule is NC(=O)C1CCN(C(=O)C2CCCCC2CN2C(=O)c3ccccc3C2=O)CC1. The number of carbonyl (C=O) groups is 4. The number of rotatable bonds is 4. The first-order valence-corrected chi connectivity index (χ1v) is 10.5. The van der Waals surface area contributed by atoms with Gasteiger partial charge in [-0.05, 0) is 43.7 Å². The van der Waals surface area contributed by atoms with E-state index in [2.05, 4.69) is 0 Å². The highest BCUT2D eigenvalue weighted by Gasteiger charge is 2.41. The molecule has 4 amide bonds. The number of benzene rings is 1. The number of hydrogen-bond donors (Lipinski definition) is 1. The Balaban J connectivity index is 1.45. The molecule has 3 aliphatic rings. The first-order chi connectivity index (χ1) is 14.0.